The van der Waals surface area contributed by atoms with E-state index in [1.807, 2.05) is 0 Å². The standard InChI is InChI=1S/C15H13Cl2NO2/c1-10(20-14-5-3-2-4-13(14)17)15(19)18-12-8-6-11(16)7-9-12/h2-10H,1H3,(H,18,19). The van der Waals surface area contributed by atoms with Crippen molar-refractivity contribution in [1.29, 1.82) is 0 Å². The average molecular weight is 310 g/mol. The number of amides is 1. The first kappa shape index (κ1) is 14.7. The quantitative estimate of drug-likeness (QED) is 0.909. The molecule has 0 bridgehead atoms. The van der Waals surface area contributed by atoms with Crippen molar-refractivity contribution in [2.75, 3.05) is 5.32 Å². The Bertz CT molecular complexity index is 599. The SMILES string of the molecule is CC(Oc1ccccc1Cl)C(=O)Nc1ccc(Cl)cc1. The number of carbonyl (C=O) groups is 1. The summed E-state index contributed by atoms with van der Waals surface area (Å²) in [6.45, 7) is 1.66. The van der Waals surface area contributed by atoms with Crippen molar-refractivity contribution < 1.29 is 9.53 Å². The summed E-state index contributed by atoms with van der Waals surface area (Å²) in [5.74, 6) is 0.222. The fourth-order valence-corrected chi connectivity index (χ4v) is 1.87. The molecule has 1 atom stereocenters. The molecular formula is C15H13Cl2NO2. The number of nitrogens with one attached hydrogen (secondary N) is 1. The van der Waals surface area contributed by atoms with Gasteiger partial charge in [0, 0.05) is 10.7 Å². The van der Waals surface area contributed by atoms with Gasteiger partial charge in [-0.25, -0.2) is 0 Å². The van der Waals surface area contributed by atoms with Crippen LogP contribution in [0, 0.1) is 0 Å². The van der Waals surface area contributed by atoms with Gasteiger partial charge in [0.15, 0.2) is 6.10 Å². The minimum atomic E-state index is -0.662. The summed E-state index contributed by atoms with van der Waals surface area (Å²) < 4.78 is 5.53. The predicted octanol–water partition coefficient (Wildman–Crippen LogP) is 4.40. The van der Waals surface area contributed by atoms with Gasteiger partial charge >= 0.3 is 0 Å². The molecule has 3 nitrogen and oxygen atoms in total. The molecule has 0 saturated carbocycles. The molecule has 0 aliphatic heterocycles. The van der Waals surface area contributed by atoms with E-state index in [2.05, 4.69) is 5.32 Å². The molecule has 20 heavy (non-hydrogen) atoms. The topological polar surface area (TPSA) is 38.3 Å². The lowest BCUT2D eigenvalue weighted by Gasteiger charge is -2.15. The number of para-hydroxylation sites is 1. The lowest BCUT2D eigenvalue weighted by Crippen LogP contribution is -2.30. The van der Waals surface area contributed by atoms with Crippen LogP contribution in [0.1, 0.15) is 6.92 Å². The van der Waals surface area contributed by atoms with E-state index in [4.69, 9.17) is 27.9 Å². The highest BCUT2D eigenvalue weighted by molar-refractivity contribution is 6.32. The fraction of sp³-hybridized carbons (Fsp3) is 0.133. The highest BCUT2D eigenvalue weighted by Gasteiger charge is 2.16. The van der Waals surface area contributed by atoms with Crippen molar-refractivity contribution in [1.82, 2.24) is 0 Å². The maximum Gasteiger partial charge on any atom is 0.265 e. The van der Waals surface area contributed by atoms with E-state index in [0.717, 1.165) is 0 Å². The molecule has 0 heterocycles. The van der Waals surface area contributed by atoms with Crippen LogP contribution in [0.15, 0.2) is 48.5 Å². The maximum absolute atomic E-state index is 12.0. The van der Waals surface area contributed by atoms with Gasteiger partial charge in [-0.15, -0.1) is 0 Å². The van der Waals surface area contributed by atoms with E-state index in [-0.39, 0.29) is 5.91 Å². The van der Waals surface area contributed by atoms with Gasteiger partial charge in [-0.2, -0.15) is 0 Å². The summed E-state index contributed by atoms with van der Waals surface area (Å²) in [6.07, 6.45) is -0.662. The monoisotopic (exact) mass is 309 g/mol. The van der Waals surface area contributed by atoms with Crippen molar-refractivity contribution in [2.45, 2.75) is 13.0 Å². The maximum atomic E-state index is 12.0. The minimum Gasteiger partial charge on any atom is -0.479 e. The second-order valence-electron chi connectivity index (χ2n) is 4.19. The molecule has 0 aromatic heterocycles. The lowest BCUT2D eigenvalue weighted by atomic mass is 10.3. The Morgan fingerprint density at radius 2 is 1.75 bits per heavy atom. The first-order valence-electron chi connectivity index (χ1n) is 6.04. The van der Waals surface area contributed by atoms with E-state index < -0.39 is 6.10 Å². The molecule has 1 amide bonds. The molecule has 2 aromatic carbocycles. The van der Waals surface area contributed by atoms with Crippen LogP contribution in [0.3, 0.4) is 0 Å². The van der Waals surface area contributed by atoms with Crippen LogP contribution >= 0.6 is 23.2 Å². The third kappa shape index (κ3) is 3.89. The molecule has 1 N–H and O–H groups in total. The summed E-state index contributed by atoms with van der Waals surface area (Å²) >= 11 is 11.8. The summed E-state index contributed by atoms with van der Waals surface area (Å²) in [4.78, 5) is 12.0. The van der Waals surface area contributed by atoms with E-state index >= 15 is 0 Å². The van der Waals surface area contributed by atoms with Crippen LogP contribution in [0.2, 0.25) is 10.0 Å². The molecule has 0 radical (unpaired) electrons. The Balaban J connectivity index is 1.99. The largest absolute Gasteiger partial charge is 0.479 e. The second kappa shape index (κ2) is 6.64. The highest BCUT2D eigenvalue weighted by Crippen LogP contribution is 2.24. The van der Waals surface area contributed by atoms with Crippen LogP contribution in [0.5, 0.6) is 5.75 Å². The van der Waals surface area contributed by atoms with E-state index in [9.17, 15) is 4.79 Å². The van der Waals surface area contributed by atoms with Gasteiger partial charge in [0.1, 0.15) is 5.75 Å². The van der Waals surface area contributed by atoms with Gasteiger partial charge in [-0.1, -0.05) is 35.3 Å². The predicted molar refractivity (Wildman–Crippen MR) is 81.6 cm³/mol. The van der Waals surface area contributed by atoms with Gasteiger partial charge < -0.3 is 10.1 Å². The van der Waals surface area contributed by atoms with E-state index in [0.29, 0.717) is 21.5 Å². The fourth-order valence-electron chi connectivity index (χ4n) is 1.56. The van der Waals surface area contributed by atoms with Gasteiger partial charge in [-0.3, -0.25) is 4.79 Å². The van der Waals surface area contributed by atoms with Crippen molar-refractivity contribution in [3.8, 4) is 5.75 Å². The van der Waals surface area contributed by atoms with Crippen LogP contribution in [-0.4, -0.2) is 12.0 Å². The van der Waals surface area contributed by atoms with Crippen LogP contribution in [-0.2, 0) is 4.79 Å². The van der Waals surface area contributed by atoms with Crippen LogP contribution in [0.25, 0.3) is 0 Å². The third-order valence-corrected chi connectivity index (χ3v) is 3.19. The number of hydrogen-bond acceptors (Lipinski definition) is 2. The van der Waals surface area contributed by atoms with Gasteiger partial charge in [0.25, 0.3) is 5.91 Å². The van der Waals surface area contributed by atoms with Gasteiger partial charge in [0.05, 0.1) is 5.02 Å². The second-order valence-corrected chi connectivity index (χ2v) is 5.03. The number of rotatable bonds is 4. The zero-order valence-electron chi connectivity index (χ0n) is 10.8. The van der Waals surface area contributed by atoms with Crippen molar-refractivity contribution in [3.05, 3.63) is 58.6 Å². The number of hydrogen-bond donors (Lipinski definition) is 1. The molecule has 1 unspecified atom stereocenters. The molecule has 2 aromatic rings. The van der Waals surface area contributed by atoms with Gasteiger partial charge in [0.2, 0.25) is 0 Å². The molecule has 104 valence electrons. The van der Waals surface area contributed by atoms with Crippen molar-refractivity contribution in [2.24, 2.45) is 0 Å². The first-order chi connectivity index (χ1) is 9.56. The number of carbonyl (C=O) groups excluding carboxylic acids is 1. The van der Waals surface area contributed by atoms with E-state index in [1.165, 1.54) is 0 Å². The molecule has 0 spiro atoms. The van der Waals surface area contributed by atoms with E-state index in [1.54, 1.807) is 55.5 Å². The molecule has 2 rings (SSSR count). The first-order valence-corrected chi connectivity index (χ1v) is 6.79. The summed E-state index contributed by atoms with van der Waals surface area (Å²) in [5.41, 5.74) is 0.661. The smallest absolute Gasteiger partial charge is 0.265 e. The number of anilines is 1. The average Bonchev–Trinajstić information content (AvgIpc) is 2.44. The Hall–Kier alpha value is -1.71. The minimum absolute atomic E-state index is 0.257. The Labute approximate surface area is 127 Å². The van der Waals surface area contributed by atoms with Gasteiger partial charge in [-0.05, 0) is 43.3 Å². The summed E-state index contributed by atoms with van der Waals surface area (Å²) in [7, 11) is 0. The Morgan fingerprint density at radius 3 is 2.40 bits per heavy atom. The van der Waals surface area contributed by atoms with Crippen LogP contribution in [0.4, 0.5) is 5.69 Å². The molecule has 5 heteroatoms. The number of halogens is 2. The lowest BCUT2D eigenvalue weighted by molar-refractivity contribution is -0.122. The molecule has 0 saturated heterocycles. The zero-order valence-corrected chi connectivity index (χ0v) is 12.3. The number of ether oxygens (including phenoxy) is 1. The van der Waals surface area contributed by atoms with Crippen molar-refractivity contribution >= 4 is 34.8 Å². The van der Waals surface area contributed by atoms with Crippen molar-refractivity contribution in [3.63, 3.8) is 0 Å². The molecular weight excluding hydrogens is 297 g/mol. The Kier molecular flexibility index (Phi) is 4.88. The normalized spacial score (nSPS) is 11.8. The van der Waals surface area contributed by atoms with Crippen LogP contribution < -0.4 is 10.1 Å². The summed E-state index contributed by atoms with van der Waals surface area (Å²) in [6, 6.07) is 13.9. The zero-order chi connectivity index (χ0) is 14.5. The molecule has 0 aliphatic rings. The number of benzene rings is 2. The molecule has 0 aliphatic carbocycles. The third-order valence-electron chi connectivity index (χ3n) is 2.62. The highest BCUT2D eigenvalue weighted by atomic mass is 35.5. The summed E-state index contributed by atoms with van der Waals surface area (Å²) in [5, 5.41) is 3.83. The molecule has 0 fully saturated rings. The Morgan fingerprint density at radius 1 is 1.10 bits per heavy atom.